The van der Waals surface area contributed by atoms with Crippen molar-refractivity contribution in [2.75, 3.05) is 32.0 Å². The standard InChI is InChI=1S/C107H138N16O26S/c1-12-57(3)84(98(138)117-71(41-28-29-46-108)95(135)120-85(58(4)13-2)99(139)119-75(50-67-54-114-70-40-27-26-39-68(67)70)97(137)118-74(60(6)124)49-63-31-18-14-19-32-63)121-96(136)73(43-44-80(110)127)116-94(134)72(42-30-47-113-103(111)112)115-93(133)69(109)55-150-77-51-81(128)123(100(77)140)48-45-82(129)147-78-52-79-106(56-144-79,149-62(8)126)89-91(148-101(141)66-37-24-17-25-38-66)107(143)53-76(59(5)83(104(107,9)10)88(145-61(7)125)90(131)105(78,89)11)146-102(142)87(130)86(64-33-20-15-21-34-64)122-92(132)65-35-22-16-23-36-65/h14-27,31-40,54,57-58,69,71-79,84-89,91,114,130,143H,12-13,28-30,41-53,55-56,108-109H2,1-11H3,(H2,110,127)(H,115,133)(H,116,134)(H,117,138)(H,118,137)(H,119,139)(H,120,135)(H,121,136)(H,122,132)(H4,111,112,113)/t57?,58?,69-,71-,72-,73-,74-,75-,76-,77?,78?,79+,84-,85-,86-,87+,88+,89?,91-,105+,106-,107+/m0/s1. The van der Waals surface area contributed by atoms with Crippen LogP contribution in [0.4, 0.5) is 0 Å². The number of thioether (sulfide) groups is 1. The first-order chi connectivity index (χ1) is 71.2. The molecule has 0 spiro atoms. The Morgan fingerprint density at radius 3 is 1.74 bits per heavy atom. The number of hydrogen-bond donors (Lipinski definition) is 17. The number of benzene rings is 5. The molecule has 2 aliphatic heterocycles. The van der Waals surface area contributed by atoms with Gasteiger partial charge in [-0.25, -0.2) is 9.59 Å². The molecule has 5 aromatic carbocycles. The van der Waals surface area contributed by atoms with Crippen LogP contribution in [0, 0.1) is 34.0 Å². The molecular formula is C107H138N16O26S. The van der Waals surface area contributed by atoms with Crippen LogP contribution >= 0.6 is 11.8 Å². The highest BCUT2D eigenvalue weighted by atomic mass is 32.2. The van der Waals surface area contributed by atoms with Gasteiger partial charge in [0.2, 0.25) is 59.1 Å². The number of ketones is 2. The number of aliphatic hydroxyl groups excluding tert-OH is 1. The third kappa shape index (κ3) is 27.7. The minimum Gasteiger partial charge on any atom is -0.461 e. The Bertz CT molecular complexity index is 5980. The molecule has 43 heteroatoms. The van der Waals surface area contributed by atoms with Gasteiger partial charge in [-0.15, -0.1) is 11.8 Å². The van der Waals surface area contributed by atoms with Crippen molar-refractivity contribution in [2.45, 2.75) is 280 Å². The number of fused-ring (bicyclic) bond motifs is 6. The largest absolute Gasteiger partial charge is 0.461 e. The summed E-state index contributed by atoms with van der Waals surface area (Å²) in [5.74, 6) is -20.5. The number of aliphatic hydroxyl groups is 2. The van der Waals surface area contributed by atoms with Crippen molar-refractivity contribution >= 4 is 135 Å². The number of nitrogens with one attached hydrogen (secondary N) is 11. The summed E-state index contributed by atoms with van der Waals surface area (Å²) in [4.78, 5) is 265. The number of rotatable bonds is 51. The first kappa shape index (κ1) is 116. The Morgan fingerprint density at radius 1 is 0.620 bits per heavy atom. The van der Waals surface area contributed by atoms with Crippen LogP contribution in [0.25, 0.3) is 10.9 Å². The Labute approximate surface area is 872 Å². The summed E-state index contributed by atoms with van der Waals surface area (Å²) in [5.41, 5.74) is 16.9. The second-order valence-corrected chi connectivity index (χ2v) is 41.0. The second kappa shape index (κ2) is 51.9. The molecular weight excluding hydrogens is 1960 g/mol. The molecule has 0 radical (unpaired) electrons. The fraction of sp³-hybridized carbons (Fsp3) is 0.505. The van der Waals surface area contributed by atoms with Gasteiger partial charge in [0, 0.05) is 92.9 Å². The van der Waals surface area contributed by atoms with Gasteiger partial charge in [0.15, 0.2) is 35.3 Å². The number of unbranched alkanes of at least 4 members (excludes halogenated alkanes) is 1. The topological polar surface area (TPSA) is 658 Å². The highest BCUT2D eigenvalue weighted by Crippen LogP contribution is 2.65. The average molecular weight is 2100 g/mol. The van der Waals surface area contributed by atoms with Crippen molar-refractivity contribution in [1.29, 1.82) is 5.41 Å². The predicted octanol–water partition coefficient (Wildman–Crippen LogP) is 3.56. The smallest absolute Gasteiger partial charge is 0.338 e. The summed E-state index contributed by atoms with van der Waals surface area (Å²) in [5, 5.41) is 58.4. The molecule has 5 unspecified atom stereocenters. The third-order valence-corrected chi connectivity index (χ3v) is 30.5. The molecule has 4 fully saturated rings. The number of likely N-dealkylation sites (tertiary alicyclic amines) is 1. The van der Waals surface area contributed by atoms with Crippen molar-refractivity contribution in [3.05, 3.63) is 191 Å². The molecule has 3 heterocycles. The number of carbonyl (C=O) groups is 18. The zero-order chi connectivity index (χ0) is 110. The zero-order valence-electron chi connectivity index (χ0n) is 85.9. The summed E-state index contributed by atoms with van der Waals surface area (Å²) < 4.78 is 37.9. The Hall–Kier alpha value is -14.1. The number of carbonyl (C=O) groups excluding carboxylic acids is 18. The minimum absolute atomic E-state index is 0.00423. The lowest BCUT2D eigenvalue weighted by Crippen LogP contribution is -2.82. The first-order valence-corrected chi connectivity index (χ1v) is 51.5. The van der Waals surface area contributed by atoms with E-state index in [1.165, 1.54) is 71.0 Å². The van der Waals surface area contributed by atoms with E-state index >= 15 is 9.59 Å². The van der Waals surface area contributed by atoms with Gasteiger partial charge in [-0.2, -0.15) is 0 Å². The molecule has 11 amide bonds. The lowest BCUT2D eigenvalue weighted by molar-refractivity contribution is -0.346. The van der Waals surface area contributed by atoms with Gasteiger partial charge in [-0.05, 0) is 142 Å². The van der Waals surface area contributed by atoms with E-state index in [9.17, 15) is 86.9 Å². The SMILES string of the molecule is CCC(C)[C@H](NC(=O)[C@H](CCCCN)NC(=O)[C@@H](NC(=O)[C@H](CCC(N)=O)NC(=O)[C@H](CCCNC(=N)N)NC(=O)[C@@H](N)CSC1CC(=O)N(CCC(=O)OC2C[C@H]3OC[C@@]3(OC(C)=O)C3[C@H](OC(=O)c4ccccc4)[C@]4(O)C[C@H](OC(=O)[C@H](O)[C@@H](NC(=O)c5ccccc5)c5ccccc5)C(C)=C([C@@H](OC(C)=O)C(=O)[C@]23C)C4(C)C)C1=O)C(C)CC)C(=O)N[C@@H](Cc1c[nH]c2ccccc12)C(=O)N[C@@H](Cc1ccccc1)C(C)=O. The second-order valence-electron chi connectivity index (χ2n) is 39.8. The number of nitrogens with two attached hydrogens (primary N) is 4. The third-order valence-electron chi connectivity index (χ3n) is 29.2. The molecule has 808 valence electrons. The lowest BCUT2D eigenvalue weighted by atomic mass is 9.44. The van der Waals surface area contributed by atoms with E-state index < -0.39 is 300 Å². The van der Waals surface area contributed by atoms with Crippen LogP contribution in [0.2, 0.25) is 0 Å². The fourth-order valence-electron chi connectivity index (χ4n) is 20.3. The van der Waals surface area contributed by atoms with E-state index in [4.69, 9.17) is 56.8 Å². The number of para-hydroxylation sites is 1. The monoisotopic (exact) mass is 2090 g/mol. The number of nitrogens with zero attached hydrogens (tertiary/aromatic N) is 1. The Morgan fingerprint density at radius 2 is 1.17 bits per heavy atom. The number of aromatic nitrogens is 1. The van der Waals surface area contributed by atoms with Crippen molar-refractivity contribution in [3.63, 3.8) is 0 Å². The number of esters is 5. The minimum atomic E-state index is -2.68. The summed E-state index contributed by atoms with van der Waals surface area (Å²) in [7, 11) is 0. The number of Topliss-reactive ketones (excluding diaryl/α,β-unsaturated/α-hetero) is 2. The number of H-pyrrole nitrogens is 1. The summed E-state index contributed by atoms with van der Waals surface area (Å²) in [6.07, 6.45) is -12.0. The normalized spacial score (nSPS) is 22.9. The maximum atomic E-state index is 16.8. The van der Waals surface area contributed by atoms with E-state index in [1.807, 2.05) is 42.5 Å². The lowest BCUT2D eigenvalue weighted by Gasteiger charge is -2.67. The molecule has 21 N–H and O–H groups in total. The summed E-state index contributed by atoms with van der Waals surface area (Å²) in [6.45, 7) is 14.9. The van der Waals surface area contributed by atoms with Crippen LogP contribution in [0.3, 0.4) is 0 Å². The van der Waals surface area contributed by atoms with Crippen molar-refractivity contribution < 1.29 is 125 Å². The van der Waals surface area contributed by atoms with Crippen molar-refractivity contribution in [2.24, 2.45) is 51.5 Å². The highest BCUT2D eigenvalue weighted by molar-refractivity contribution is 8.00. The summed E-state index contributed by atoms with van der Waals surface area (Å²) in [6, 6.07) is 27.0. The molecule has 2 saturated carbocycles. The molecule has 2 saturated heterocycles. The highest BCUT2D eigenvalue weighted by Gasteiger charge is 2.79. The van der Waals surface area contributed by atoms with Gasteiger partial charge in [0.1, 0.15) is 66.3 Å². The van der Waals surface area contributed by atoms with Crippen LogP contribution in [0.15, 0.2) is 163 Å². The average Bonchev–Trinajstić information content (AvgIpc) is 0.691. The van der Waals surface area contributed by atoms with Crippen molar-refractivity contribution in [1.82, 2.24) is 57.7 Å². The van der Waals surface area contributed by atoms with E-state index in [0.717, 1.165) is 47.0 Å². The maximum Gasteiger partial charge on any atom is 0.338 e. The molecule has 2 bridgehead atoms. The van der Waals surface area contributed by atoms with Crippen LogP contribution in [-0.2, 0) is 118 Å². The van der Waals surface area contributed by atoms with Gasteiger partial charge < -0.3 is 114 Å². The van der Waals surface area contributed by atoms with E-state index in [2.05, 4.69) is 52.8 Å². The molecule has 1 aromatic heterocycles. The van der Waals surface area contributed by atoms with Gasteiger partial charge in [0.05, 0.1) is 53.3 Å². The van der Waals surface area contributed by atoms with E-state index in [0.29, 0.717) is 18.4 Å². The Kier molecular flexibility index (Phi) is 40.2. The molecule has 22 atom stereocenters. The van der Waals surface area contributed by atoms with E-state index in [-0.39, 0.29) is 91.7 Å². The molecule has 3 aliphatic carbocycles. The Balaban J connectivity index is 0.780. The van der Waals surface area contributed by atoms with Crippen LogP contribution in [0.5, 0.6) is 0 Å². The van der Waals surface area contributed by atoms with Gasteiger partial charge >= 0.3 is 29.8 Å². The number of hydrogen-bond acceptors (Lipinski definition) is 30. The predicted molar refractivity (Wildman–Crippen MR) is 547 cm³/mol. The van der Waals surface area contributed by atoms with Crippen LogP contribution in [-0.4, -0.2) is 266 Å². The number of aromatic amines is 1. The van der Waals surface area contributed by atoms with Crippen LogP contribution < -0.4 is 70.8 Å². The van der Waals surface area contributed by atoms with Crippen molar-refractivity contribution in [3.8, 4) is 0 Å². The molecule has 11 rings (SSSR count). The number of guanidine groups is 1. The molecule has 5 aliphatic rings. The number of imide groups is 1. The van der Waals surface area contributed by atoms with E-state index in [1.54, 1.807) is 101 Å². The van der Waals surface area contributed by atoms with Gasteiger partial charge in [0.25, 0.3) is 5.91 Å². The number of amides is 11. The zero-order valence-corrected chi connectivity index (χ0v) is 86.7. The van der Waals surface area contributed by atoms with Gasteiger partial charge in [-0.3, -0.25) is 87.0 Å². The molecule has 150 heavy (non-hydrogen) atoms. The van der Waals surface area contributed by atoms with Gasteiger partial charge in [-0.1, -0.05) is 170 Å². The number of ether oxygens (including phenoxy) is 6. The molecule has 42 nitrogen and oxygen atoms in total. The van der Waals surface area contributed by atoms with Crippen LogP contribution in [0.1, 0.15) is 203 Å². The number of primary amides is 1. The fourth-order valence-corrected chi connectivity index (χ4v) is 21.4. The summed E-state index contributed by atoms with van der Waals surface area (Å²) >= 11 is 0.772. The quantitative estimate of drug-likeness (QED) is 0.00493. The first-order valence-electron chi connectivity index (χ1n) is 50.4. The maximum absolute atomic E-state index is 16.8. The molecule has 6 aromatic rings.